The Balaban J connectivity index is 2.40. The summed E-state index contributed by atoms with van der Waals surface area (Å²) in [7, 11) is 0. The van der Waals surface area contributed by atoms with Crippen LogP contribution in [0.5, 0.6) is 0 Å². The Morgan fingerprint density at radius 3 is 2.86 bits per heavy atom. The summed E-state index contributed by atoms with van der Waals surface area (Å²) < 4.78 is 0. The molecule has 76 valence electrons. The third-order valence-electron chi connectivity index (χ3n) is 3.18. The normalized spacial score (nSPS) is 21.0. The third kappa shape index (κ3) is 1.69. The van der Waals surface area contributed by atoms with E-state index in [1.54, 1.807) is 5.56 Å². The topological polar surface area (TPSA) is 12.0 Å². The van der Waals surface area contributed by atoms with E-state index in [0.29, 0.717) is 5.92 Å². The van der Waals surface area contributed by atoms with Gasteiger partial charge in [0.05, 0.1) is 0 Å². The van der Waals surface area contributed by atoms with Gasteiger partial charge in [-0.2, -0.15) is 0 Å². The van der Waals surface area contributed by atoms with Crippen molar-refractivity contribution in [2.24, 2.45) is 5.92 Å². The van der Waals surface area contributed by atoms with Crippen molar-refractivity contribution < 1.29 is 0 Å². The van der Waals surface area contributed by atoms with E-state index in [4.69, 9.17) is 0 Å². The maximum Gasteiger partial charge on any atom is 0.0208 e. The van der Waals surface area contributed by atoms with Crippen LogP contribution in [0.2, 0.25) is 0 Å². The Labute approximate surface area is 86.5 Å². The summed E-state index contributed by atoms with van der Waals surface area (Å²) >= 11 is 0. The van der Waals surface area contributed by atoms with Gasteiger partial charge in [0, 0.05) is 13.1 Å². The molecule has 14 heavy (non-hydrogen) atoms. The zero-order valence-electron chi connectivity index (χ0n) is 9.30. The predicted molar refractivity (Wildman–Crippen MR) is 60.5 cm³/mol. The van der Waals surface area contributed by atoms with Crippen LogP contribution < -0.4 is 5.32 Å². The molecular weight excluding hydrogens is 170 g/mol. The van der Waals surface area contributed by atoms with Gasteiger partial charge in [-0.25, -0.2) is 0 Å². The molecular formula is C13H19N. The second-order valence-corrected chi connectivity index (χ2v) is 4.68. The number of hydrogen-bond donors (Lipinski definition) is 1. The largest absolute Gasteiger partial charge is 0.312 e. The van der Waals surface area contributed by atoms with E-state index in [1.165, 1.54) is 11.1 Å². The van der Waals surface area contributed by atoms with E-state index < -0.39 is 0 Å². The van der Waals surface area contributed by atoms with Crippen LogP contribution in [0.25, 0.3) is 0 Å². The van der Waals surface area contributed by atoms with Crippen molar-refractivity contribution in [1.82, 2.24) is 5.32 Å². The minimum Gasteiger partial charge on any atom is -0.312 e. The van der Waals surface area contributed by atoms with Crippen LogP contribution in [0, 0.1) is 12.8 Å². The van der Waals surface area contributed by atoms with Gasteiger partial charge in [-0.05, 0) is 29.9 Å². The lowest BCUT2D eigenvalue weighted by molar-refractivity contribution is 0.436. The highest BCUT2D eigenvalue weighted by Gasteiger charge is 2.22. The first kappa shape index (κ1) is 9.72. The highest BCUT2D eigenvalue weighted by Crippen LogP contribution is 2.30. The first-order valence-electron chi connectivity index (χ1n) is 5.48. The molecule has 1 nitrogen and oxygen atoms in total. The average Bonchev–Trinajstić information content (AvgIpc) is 2.16. The van der Waals surface area contributed by atoms with Crippen LogP contribution in [0.3, 0.4) is 0 Å². The Morgan fingerprint density at radius 1 is 1.36 bits per heavy atom. The first-order chi connectivity index (χ1) is 6.68. The van der Waals surface area contributed by atoms with Crippen LogP contribution in [-0.2, 0) is 6.54 Å². The van der Waals surface area contributed by atoms with E-state index in [0.717, 1.165) is 19.0 Å². The lowest BCUT2D eigenvalue weighted by atomic mass is 9.83. The maximum atomic E-state index is 3.50. The number of nitrogens with one attached hydrogen (secondary N) is 1. The fraction of sp³-hybridized carbons (Fsp3) is 0.538. The van der Waals surface area contributed by atoms with Gasteiger partial charge in [0.1, 0.15) is 0 Å². The zero-order valence-corrected chi connectivity index (χ0v) is 9.30. The summed E-state index contributed by atoms with van der Waals surface area (Å²) in [5.74, 6) is 1.42. The molecule has 1 unspecified atom stereocenters. The van der Waals surface area contributed by atoms with E-state index in [1.807, 2.05) is 0 Å². The summed E-state index contributed by atoms with van der Waals surface area (Å²) in [5, 5.41) is 3.50. The van der Waals surface area contributed by atoms with Gasteiger partial charge >= 0.3 is 0 Å². The quantitative estimate of drug-likeness (QED) is 0.716. The number of benzene rings is 1. The number of hydrogen-bond acceptors (Lipinski definition) is 1. The third-order valence-corrected chi connectivity index (χ3v) is 3.18. The summed E-state index contributed by atoms with van der Waals surface area (Å²) in [6, 6.07) is 6.87. The van der Waals surface area contributed by atoms with Crippen molar-refractivity contribution in [3.05, 3.63) is 34.9 Å². The molecule has 1 aliphatic rings. The van der Waals surface area contributed by atoms with Crippen LogP contribution in [0.15, 0.2) is 18.2 Å². The van der Waals surface area contributed by atoms with Crippen molar-refractivity contribution in [1.29, 1.82) is 0 Å². The maximum absolute atomic E-state index is 3.50. The van der Waals surface area contributed by atoms with Crippen LogP contribution >= 0.6 is 0 Å². The molecule has 0 spiro atoms. The standard InChI is InChI=1S/C13H19N/c1-9(2)13-8-14-7-11-6-10(3)4-5-12(11)13/h4-6,9,13-14H,7-8H2,1-3H3. The van der Waals surface area contributed by atoms with Crippen molar-refractivity contribution in [2.45, 2.75) is 33.2 Å². The molecule has 1 aliphatic heterocycles. The molecule has 1 heteroatoms. The van der Waals surface area contributed by atoms with Gasteiger partial charge < -0.3 is 5.32 Å². The Kier molecular flexibility index (Phi) is 2.60. The van der Waals surface area contributed by atoms with Gasteiger partial charge in [-0.1, -0.05) is 37.6 Å². The Hall–Kier alpha value is -0.820. The van der Waals surface area contributed by atoms with Crippen LogP contribution in [0.4, 0.5) is 0 Å². The molecule has 0 amide bonds. The summed E-state index contributed by atoms with van der Waals surface area (Å²) in [5.41, 5.74) is 4.43. The highest BCUT2D eigenvalue weighted by molar-refractivity contribution is 5.36. The van der Waals surface area contributed by atoms with Gasteiger partial charge in [0.25, 0.3) is 0 Å². The summed E-state index contributed by atoms with van der Waals surface area (Å²) in [6.07, 6.45) is 0. The molecule has 1 atom stereocenters. The van der Waals surface area contributed by atoms with Gasteiger partial charge in [-0.15, -0.1) is 0 Å². The number of rotatable bonds is 1. The lowest BCUT2D eigenvalue weighted by Crippen LogP contribution is -2.30. The molecule has 0 aliphatic carbocycles. The van der Waals surface area contributed by atoms with Crippen LogP contribution in [0.1, 0.15) is 36.5 Å². The smallest absolute Gasteiger partial charge is 0.0208 e. The molecule has 1 N–H and O–H groups in total. The fourth-order valence-electron chi connectivity index (χ4n) is 2.32. The minimum absolute atomic E-state index is 0.694. The van der Waals surface area contributed by atoms with E-state index in [2.05, 4.69) is 44.3 Å². The fourth-order valence-corrected chi connectivity index (χ4v) is 2.32. The van der Waals surface area contributed by atoms with E-state index in [-0.39, 0.29) is 0 Å². The SMILES string of the molecule is Cc1ccc2c(c1)CNCC2C(C)C. The molecule has 0 radical (unpaired) electrons. The second kappa shape index (κ2) is 3.74. The van der Waals surface area contributed by atoms with E-state index >= 15 is 0 Å². The van der Waals surface area contributed by atoms with E-state index in [9.17, 15) is 0 Å². The zero-order chi connectivity index (χ0) is 10.1. The molecule has 0 fully saturated rings. The minimum atomic E-state index is 0.694. The molecule has 2 rings (SSSR count). The van der Waals surface area contributed by atoms with Crippen molar-refractivity contribution in [2.75, 3.05) is 6.54 Å². The van der Waals surface area contributed by atoms with Gasteiger partial charge in [-0.3, -0.25) is 0 Å². The molecule has 0 bridgehead atoms. The predicted octanol–water partition coefficient (Wildman–Crippen LogP) is 2.84. The molecule has 0 saturated carbocycles. The Morgan fingerprint density at radius 2 is 2.14 bits per heavy atom. The molecule has 1 heterocycles. The van der Waals surface area contributed by atoms with Crippen molar-refractivity contribution >= 4 is 0 Å². The summed E-state index contributed by atoms with van der Waals surface area (Å²) in [4.78, 5) is 0. The van der Waals surface area contributed by atoms with Crippen molar-refractivity contribution in [3.63, 3.8) is 0 Å². The highest BCUT2D eigenvalue weighted by atomic mass is 14.9. The summed E-state index contributed by atoms with van der Waals surface area (Å²) in [6.45, 7) is 8.95. The van der Waals surface area contributed by atoms with Crippen LogP contribution in [-0.4, -0.2) is 6.54 Å². The first-order valence-corrected chi connectivity index (χ1v) is 5.48. The molecule has 0 aromatic heterocycles. The average molecular weight is 189 g/mol. The lowest BCUT2D eigenvalue weighted by Gasteiger charge is -2.29. The molecule has 1 aromatic carbocycles. The Bertz CT molecular complexity index is 328. The van der Waals surface area contributed by atoms with Gasteiger partial charge in [0.15, 0.2) is 0 Å². The number of fused-ring (bicyclic) bond motifs is 1. The monoisotopic (exact) mass is 189 g/mol. The molecule has 1 aromatic rings. The number of aryl methyl sites for hydroxylation is 1. The van der Waals surface area contributed by atoms with Crippen molar-refractivity contribution in [3.8, 4) is 0 Å². The second-order valence-electron chi connectivity index (χ2n) is 4.68. The van der Waals surface area contributed by atoms with Gasteiger partial charge in [0.2, 0.25) is 0 Å². The molecule has 0 saturated heterocycles.